The molecule has 0 bridgehead atoms. The maximum Gasteiger partial charge on any atom is 0.317 e. The highest BCUT2D eigenvalue weighted by Crippen LogP contribution is 2.07. The Hall–Kier alpha value is -3.59. The van der Waals surface area contributed by atoms with E-state index in [-0.39, 0.29) is 37.4 Å². The van der Waals surface area contributed by atoms with Crippen LogP contribution in [-0.4, -0.2) is 158 Å². The summed E-state index contributed by atoms with van der Waals surface area (Å²) in [5.41, 5.74) is 0.996. The van der Waals surface area contributed by atoms with E-state index in [2.05, 4.69) is 41.6 Å². The zero-order chi connectivity index (χ0) is 35.3. The van der Waals surface area contributed by atoms with Crippen molar-refractivity contribution < 1.29 is 34.2 Å². The molecule has 1 heterocycles. The van der Waals surface area contributed by atoms with Crippen molar-refractivity contribution in [2.24, 2.45) is 5.92 Å². The number of hydrogen-bond acceptors (Lipinski definition) is 9. The first-order chi connectivity index (χ1) is 23.0. The van der Waals surface area contributed by atoms with Crippen molar-refractivity contribution in [2.45, 2.75) is 46.5 Å². The lowest BCUT2D eigenvalue weighted by Crippen LogP contribution is -2.49. The van der Waals surface area contributed by atoms with E-state index in [4.69, 9.17) is 0 Å². The number of hydrogen-bond donors (Lipinski definition) is 5. The number of unbranched alkanes of at least 4 members (excludes halogenated alkanes) is 1. The summed E-state index contributed by atoms with van der Waals surface area (Å²) >= 11 is 0. The van der Waals surface area contributed by atoms with Gasteiger partial charge in [-0.25, -0.2) is 0 Å². The quantitative estimate of drug-likeness (QED) is 0.140. The molecule has 14 heteroatoms. The van der Waals surface area contributed by atoms with Gasteiger partial charge in [-0.2, -0.15) is 0 Å². The first-order valence-electron chi connectivity index (χ1n) is 17.2. The van der Waals surface area contributed by atoms with Gasteiger partial charge >= 0.3 is 11.9 Å². The molecule has 5 N–H and O–H groups in total. The zero-order valence-electron chi connectivity index (χ0n) is 29.0. The van der Waals surface area contributed by atoms with Crippen LogP contribution in [0.25, 0.3) is 0 Å². The van der Waals surface area contributed by atoms with Gasteiger partial charge in [-0.3, -0.25) is 38.7 Å². The van der Waals surface area contributed by atoms with Gasteiger partial charge in [0.2, 0.25) is 5.91 Å². The molecule has 1 aliphatic heterocycles. The number of nitrogens with one attached hydrogen (secondary N) is 3. The average Bonchev–Trinajstić information content (AvgIpc) is 3.04. The van der Waals surface area contributed by atoms with E-state index in [1.807, 2.05) is 9.80 Å². The fourth-order valence-corrected chi connectivity index (χ4v) is 5.38. The molecular weight excluding hydrogens is 618 g/mol. The summed E-state index contributed by atoms with van der Waals surface area (Å²) in [5.74, 6) is -1.74. The van der Waals surface area contributed by atoms with Gasteiger partial charge in [-0.05, 0) is 62.4 Å². The average molecular weight is 676 g/mol. The molecule has 1 aromatic carbocycles. The Morgan fingerprint density at radius 3 is 1.38 bits per heavy atom. The Morgan fingerprint density at radius 1 is 0.604 bits per heavy atom. The third-order valence-corrected chi connectivity index (χ3v) is 8.33. The monoisotopic (exact) mass is 675 g/mol. The van der Waals surface area contributed by atoms with E-state index in [1.165, 1.54) is 0 Å². The second kappa shape index (κ2) is 22.9. The summed E-state index contributed by atoms with van der Waals surface area (Å²) in [5, 5.41) is 27.4. The Kier molecular flexibility index (Phi) is 19.3. The SMILES string of the molecule is CCN1CCN(CC(=O)O)CCN(CC(=O)O)CCN(CC(=O)NCCCCNC(=O)c2ccc(C(=O)NCCCC(C)C)cc2)CC1. The van der Waals surface area contributed by atoms with Crippen molar-refractivity contribution in [3.05, 3.63) is 35.4 Å². The van der Waals surface area contributed by atoms with E-state index >= 15 is 0 Å². The van der Waals surface area contributed by atoms with Crippen molar-refractivity contribution >= 4 is 29.7 Å². The molecule has 0 saturated carbocycles. The first kappa shape index (κ1) is 40.6. The van der Waals surface area contributed by atoms with Crippen LogP contribution >= 0.6 is 0 Å². The second-order valence-electron chi connectivity index (χ2n) is 12.7. The Labute approximate surface area is 285 Å². The molecule has 1 saturated heterocycles. The minimum absolute atomic E-state index is 0.0921. The fraction of sp³-hybridized carbons (Fsp3) is 0.676. The van der Waals surface area contributed by atoms with E-state index in [0.29, 0.717) is 102 Å². The molecule has 0 aliphatic carbocycles. The number of benzene rings is 1. The number of aliphatic carboxylic acids is 2. The van der Waals surface area contributed by atoms with E-state index in [0.717, 1.165) is 19.4 Å². The molecule has 1 aromatic rings. The normalized spacial score (nSPS) is 16.1. The van der Waals surface area contributed by atoms with Crippen molar-refractivity contribution in [3.8, 4) is 0 Å². The lowest BCUT2D eigenvalue weighted by atomic mass is 10.1. The van der Waals surface area contributed by atoms with Gasteiger partial charge in [-0.15, -0.1) is 0 Å². The van der Waals surface area contributed by atoms with Crippen LogP contribution < -0.4 is 16.0 Å². The van der Waals surface area contributed by atoms with Crippen LogP contribution in [0, 0.1) is 5.92 Å². The minimum Gasteiger partial charge on any atom is -0.480 e. The lowest BCUT2D eigenvalue weighted by molar-refractivity contribution is -0.140. The van der Waals surface area contributed by atoms with Crippen LogP contribution in [0.5, 0.6) is 0 Å². The van der Waals surface area contributed by atoms with Crippen molar-refractivity contribution in [3.63, 3.8) is 0 Å². The maximum absolute atomic E-state index is 12.8. The zero-order valence-corrected chi connectivity index (χ0v) is 29.0. The fourth-order valence-electron chi connectivity index (χ4n) is 5.38. The Balaban J connectivity index is 1.75. The van der Waals surface area contributed by atoms with E-state index in [1.54, 1.807) is 29.2 Å². The topological polar surface area (TPSA) is 175 Å². The summed E-state index contributed by atoms with van der Waals surface area (Å²) in [6.45, 7) is 13.0. The number of carboxylic acid groups (broad SMARTS) is 2. The number of amides is 3. The number of nitrogens with zero attached hydrogens (tertiary/aromatic N) is 4. The summed E-state index contributed by atoms with van der Waals surface area (Å²) < 4.78 is 0. The van der Waals surface area contributed by atoms with Gasteiger partial charge < -0.3 is 31.1 Å². The highest BCUT2D eigenvalue weighted by molar-refractivity contribution is 5.97. The molecule has 1 fully saturated rings. The highest BCUT2D eigenvalue weighted by atomic mass is 16.4. The number of carbonyl (C=O) groups is 5. The van der Waals surface area contributed by atoms with Gasteiger partial charge in [0.1, 0.15) is 0 Å². The largest absolute Gasteiger partial charge is 0.480 e. The first-order valence-corrected chi connectivity index (χ1v) is 17.2. The van der Waals surface area contributed by atoms with Crippen molar-refractivity contribution in [1.82, 2.24) is 35.6 Å². The number of carboxylic acids is 2. The second-order valence-corrected chi connectivity index (χ2v) is 12.7. The molecule has 2 rings (SSSR count). The van der Waals surface area contributed by atoms with Gasteiger partial charge in [0.05, 0.1) is 19.6 Å². The Morgan fingerprint density at radius 2 is 0.979 bits per heavy atom. The minimum atomic E-state index is -0.949. The molecule has 3 amide bonds. The van der Waals surface area contributed by atoms with E-state index < -0.39 is 11.9 Å². The van der Waals surface area contributed by atoms with Crippen LogP contribution in [0.1, 0.15) is 67.2 Å². The molecule has 0 aromatic heterocycles. The Bertz CT molecular complexity index is 1150. The molecule has 0 spiro atoms. The van der Waals surface area contributed by atoms with Crippen LogP contribution in [0.2, 0.25) is 0 Å². The standard InChI is InChI=1S/C34H57N7O7/c1-4-38-16-18-39(20-21-41(26-32(45)46)23-22-40(19-17-38)25-31(43)44)24-30(42)35-13-5-6-14-36-33(47)28-9-11-29(12-10-28)34(48)37-15-7-8-27(2)3/h9-12,27H,4-8,13-26H2,1-3H3,(H,35,42)(H,36,47)(H,37,48)(H,43,44)(H,45,46). The molecule has 1 aliphatic rings. The van der Waals surface area contributed by atoms with Gasteiger partial charge in [0, 0.05) is 83.1 Å². The van der Waals surface area contributed by atoms with Gasteiger partial charge in [0.15, 0.2) is 0 Å². The third kappa shape index (κ3) is 17.5. The molecule has 0 unspecified atom stereocenters. The number of rotatable bonds is 18. The molecule has 14 nitrogen and oxygen atoms in total. The molecule has 270 valence electrons. The smallest absolute Gasteiger partial charge is 0.317 e. The van der Waals surface area contributed by atoms with Crippen molar-refractivity contribution in [1.29, 1.82) is 0 Å². The van der Waals surface area contributed by atoms with Crippen molar-refractivity contribution in [2.75, 3.05) is 98.2 Å². The van der Waals surface area contributed by atoms with Gasteiger partial charge in [0.25, 0.3) is 11.8 Å². The predicted molar refractivity (Wildman–Crippen MR) is 184 cm³/mol. The number of carbonyl (C=O) groups excluding carboxylic acids is 3. The summed E-state index contributed by atoms with van der Waals surface area (Å²) in [6.07, 6.45) is 3.35. The molecule has 0 radical (unpaired) electrons. The molecular formula is C34H57N7O7. The van der Waals surface area contributed by atoms with Crippen LogP contribution in [0.15, 0.2) is 24.3 Å². The molecule has 0 atom stereocenters. The third-order valence-electron chi connectivity index (χ3n) is 8.33. The summed E-state index contributed by atoms with van der Waals surface area (Å²) in [4.78, 5) is 68.3. The highest BCUT2D eigenvalue weighted by Gasteiger charge is 2.20. The van der Waals surface area contributed by atoms with E-state index in [9.17, 15) is 34.2 Å². The predicted octanol–water partition coefficient (Wildman–Crippen LogP) is 0.890. The van der Waals surface area contributed by atoms with Crippen LogP contribution in [0.3, 0.4) is 0 Å². The van der Waals surface area contributed by atoms with Gasteiger partial charge in [-0.1, -0.05) is 20.8 Å². The molecule has 48 heavy (non-hydrogen) atoms. The van der Waals surface area contributed by atoms with Crippen LogP contribution in [0.4, 0.5) is 0 Å². The summed E-state index contributed by atoms with van der Waals surface area (Å²) in [7, 11) is 0. The maximum atomic E-state index is 12.8. The lowest BCUT2D eigenvalue weighted by Gasteiger charge is -2.33. The summed E-state index contributed by atoms with van der Waals surface area (Å²) in [6, 6.07) is 6.59. The van der Waals surface area contributed by atoms with Crippen LogP contribution in [-0.2, 0) is 14.4 Å². The number of likely N-dealkylation sites (N-methyl/N-ethyl adjacent to an activating group) is 1.